The molecular formula is C19H19N5O2S. The van der Waals surface area contributed by atoms with Crippen molar-refractivity contribution in [2.75, 3.05) is 6.54 Å². The molecule has 0 aliphatic rings. The number of hydrogen-bond acceptors (Lipinski definition) is 6. The van der Waals surface area contributed by atoms with E-state index in [0.29, 0.717) is 37.0 Å². The van der Waals surface area contributed by atoms with Crippen LogP contribution in [0.2, 0.25) is 0 Å². The lowest BCUT2D eigenvalue weighted by Crippen LogP contribution is -2.31. The minimum absolute atomic E-state index is 0.0861. The molecule has 3 aromatic heterocycles. The molecule has 0 saturated heterocycles. The average Bonchev–Trinajstić information content (AvgIpc) is 3.41. The van der Waals surface area contributed by atoms with Crippen LogP contribution in [0.1, 0.15) is 36.1 Å². The quantitative estimate of drug-likeness (QED) is 0.509. The molecule has 0 spiro atoms. The molecular weight excluding hydrogens is 362 g/mol. The fraction of sp³-hybridized carbons (Fsp3) is 0.263. The third kappa shape index (κ3) is 3.35. The Morgan fingerprint density at radius 3 is 2.67 bits per heavy atom. The SMILES string of the molecule is CCc1nnc(CN(CC)C(=O)c2csc3nc(-c4ccccc4)cn23)o1. The fourth-order valence-electron chi connectivity index (χ4n) is 2.83. The van der Waals surface area contributed by atoms with Crippen molar-refractivity contribution >= 4 is 22.2 Å². The second-order valence-corrected chi connectivity index (χ2v) is 6.86. The minimum atomic E-state index is -0.0861. The van der Waals surface area contributed by atoms with Gasteiger partial charge >= 0.3 is 0 Å². The Morgan fingerprint density at radius 2 is 1.96 bits per heavy atom. The predicted molar refractivity (Wildman–Crippen MR) is 103 cm³/mol. The molecule has 3 heterocycles. The van der Waals surface area contributed by atoms with E-state index in [4.69, 9.17) is 4.42 Å². The fourth-order valence-corrected chi connectivity index (χ4v) is 3.68. The molecule has 0 radical (unpaired) electrons. The van der Waals surface area contributed by atoms with Gasteiger partial charge in [-0.15, -0.1) is 21.5 Å². The lowest BCUT2D eigenvalue weighted by Gasteiger charge is -2.18. The standard InChI is InChI=1S/C19H19N5O2S/c1-3-16-21-22-17(26-16)11-23(4-2)18(25)15-12-27-19-20-14(10-24(15)19)13-8-6-5-7-9-13/h5-10,12H,3-4,11H2,1-2H3. The number of carbonyl (C=O) groups is 1. The summed E-state index contributed by atoms with van der Waals surface area (Å²) in [6.07, 6.45) is 2.58. The molecule has 1 amide bonds. The highest BCUT2D eigenvalue weighted by molar-refractivity contribution is 7.15. The van der Waals surface area contributed by atoms with Gasteiger partial charge in [0.15, 0.2) is 4.96 Å². The molecule has 1 aromatic carbocycles. The minimum Gasteiger partial charge on any atom is -0.423 e. The van der Waals surface area contributed by atoms with Crippen LogP contribution in [0.5, 0.6) is 0 Å². The van der Waals surface area contributed by atoms with E-state index in [9.17, 15) is 4.79 Å². The Morgan fingerprint density at radius 1 is 1.19 bits per heavy atom. The van der Waals surface area contributed by atoms with E-state index in [2.05, 4.69) is 15.2 Å². The van der Waals surface area contributed by atoms with Gasteiger partial charge in [-0.2, -0.15) is 0 Å². The summed E-state index contributed by atoms with van der Waals surface area (Å²) in [4.78, 5) is 20.2. The summed E-state index contributed by atoms with van der Waals surface area (Å²) >= 11 is 1.45. The van der Waals surface area contributed by atoms with E-state index in [1.165, 1.54) is 11.3 Å². The summed E-state index contributed by atoms with van der Waals surface area (Å²) in [6.45, 7) is 4.72. The maximum atomic E-state index is 13.1. The molecule has 0 saturated carbocycles. The highest BCUT2D eigenvalue weighted by Gasteiger charge is 2.22. The van der Waals surface area contributed by atoms with Gasteiger partial charge in [0.2, 0.25) is 11.8 Å². The summed E-state index contributed by atoms with van der Waals surface area (Å²) in [5.74, 6) is 0.940. The monoisotopic (exact) mass is 381 g/mol. The molecule has 0 atom stereocenters. The number of imidazole rings is 1. The molecule has 4 aromatic rings. The molecule has 0 bridgehead atoms. The molecule has 0 fully saturated rings. The Kier molecular flexibility index (Phi) is 4.72. The number of carbonyl (C=O) groups excluding carboxylic acids is 1. The van der Waals surface area contributed by atoms with Crippen LogP contribution in [-0.2, 0) is 13.0 Å². The van der Waals surface area contributed by atoms with Crippen LogP contribution in [0.15, 0.2) is 46.3 Å². The van der Waals surface area contributed by atoms with Crippen molar-refractivity contribution in [1.29, 1.82) is 0 Å². The molecule has 0 N–H and O–H groups in total. The van der Waals surface area contributed by atoms with Gasteiger partial charge in [0.1, 0.15) is 5.69 Å². The second kappa shape index (κ2) is 7.32. The van der Waals surface area contributed by atoms with Gasteiger partial charge in [0.05, 0.1) is 12.2 Å². The van der Waals surface area contributed by atoms with Crippen molar-refractivity contribution in [3.05, 3.63) is 59.4 Å². The summed E-state index contributed by atoms with van der Waals surface area (Å²) in [5, 5.41) is 9.82. The smallest absolute Gasteiger partial charge is 0.272 e. The Bertz CT molecular complexity index is 1070. The zero-order valence-electron chi connectivity index (χ0n) is 15.1. The van der Waals surface area contributed by atoms with E-state index in [1.54, 1.807) is 4.90 Å². The van der Waals surface area contributed by atoms with Crippen molar-refractivity contribution in [2.24, 2.45) is 0 Å². The van der Waals surface area contributed by atoms with E-state index in [1.807, 2.05) is 60.2 Å². The van der Waals surface area contributed by atoms with Gasteiger partial charge in [-0.25, -0.2) is 4.98 Å². The first-order valence-electron chi connectivity index (χ1n) is 8.82. The number of aryl methyl sites for hydroxylation is 1. The third-order valence-corrected chi connectivity index (χ3v) is 5.14. The van der Waals surface area contributed by atoms with Crippen LogP contribution in [0.25, 0.3) is 16.2 Å². The number of amides is 1. The summed E-state index contributed by atoms with van der Waals surface area (Å²) in [5.41, 5.74) is 2.46. The number of nitrogens with zero attached hydrogens (tertiary/aromatic N) is 5. The van der Waals surface area contributed by atoms with E-state index >= 15 is 0 Å². The van der Waals surface area contributed by atoms with Crippen LogP contribution in [0, 0.1) is 0 Å². The number of rotatable bonds is 6. The first-order chi connectivity index (χ1) is 13.2. The summed E-state index contributed by atoms with van der Waals surface area (Å²) < 4.78 is 7.40. The van der Waals surface area contributed by atoms with Crippen LogP contribution in [0.4, 0.5) is 0 Å². The zero-order chi connectivity index (χ0) is 18.8. The number of fused-ring (bicyclic) bond motifs is 1. The van der Waals surface area contributed by atoms with E-state index in [0.717, 1.165) is 16.2 Å². The maximum Gasteiger partial charge on any atom is 0.272 e. The van der Waals surface area contributed by atoms with Gasteiger partial charge in [-0.3, -0.25) is 9.20 Å². The molecule has 4 rings (SSSR count). The third-order valence-electron chi connectivity index (χ3n) is 4.30. The first kappa shape index (κ1) is 17.4. The van der Waals surface area contributed by atoms with Crippen molar-refractivity contribution < 1.29 is 9.21 Å². The number of thiazole rings is 1. The Hall–Kier alpha value is -3.00. The number of benzene rings is 1. The normalized spacial score (nSPS) is 11.2. The van der Waals surface area contributed by atoms with Crippen LogP contribution < -0.4 is 0 Å². The lowest BCUT2D eigenvalue weighted by atomic mass is 10.2. The van der Waals surface area contributed by atoms with Gasteiger partial charge in [-0.1, -0.05) is 37.3 Å². The Labute approximate surface area is 160 Å². The number of hydrogen-bond donors (Lipinski definition) is 0. The molecule has 0 aliphatic carbocycles. The summed E-state index contributed by atoms with van der Waals surface area (Å²) in [6, 6.07) is 9.93. The summed E-state index contributed by atoms with van der Waals surface area (Å²) in [7, 11) is 0. The highest BCUT2D eigenvalue weighted by atomic mass is 32.1. The van der Waals surface area contributed by atoms with E-state index < -0.39 is 0 Å². The van der Waals surface area contributed by atoms with Gasteiger partial charge < -0.3 is 9.32 Å². The van der Waals surface area contributed by atoms with Gasteiger partial charge in [0, 0.05) is 30.1 Å². The molecule has 7 nitrogen and oxygen atoms in total. The van der Waals surface area contributed by atoms with Crippen molar-refractivity contribution in [3.8, 4) is 11.3 Å². The molecule has 0 aliphatic heterocycles. The first-order valence-corrected chi connectivity index (χ1v) is 9.70. The lowest BCUT2D eigenvalue weighted by molar-refractivity contribution is 0.0731. The van der Waals surface area contributed by atoms with E-state index in [-0.39, 0.29) is 5.91 Å². The number of aromatic nitrogens is 4. The topological polar surface area (TPSA) is 76.5 Å². The van der Waals surface area contributed by atoms with Gasteiger partial charge in [0.25, 0.3) is 5.91 Å². The van der Waals surface area contributed by atoms with Crippen molar-refractivity contribution in [1.82, 2.24) is 24.5 Å². The predicted octanol–water partition coefficient (Wildman–Crippen LogP) is 3.67. The van der Waals surface area contributed by atoms with Crippen LogP contribution in [0.3, 0.4) is 0 Å². The average molecular weight is 381 g/mol. The highest BCUT2D eigenvalue weighted by Crippen LogP contribution is 2.24. The molecule has 8 heteroatoms. The second-order valence-electron chi connectivity index (χ2n) is 6.03. The van der Waals surface area contributed by atoms with Gasteiger partial charge in [-0.05, 0) is 6.92 Å². The van der Waals surface area contributed by atoms with Crippen LogP contribution >= 0.6 is 11.3 Å². The molecule has 138 valence electrons. The maximum absolute atomic E-state index is 13.1. The van der Waals surface area contributed by atoms with Crippen LogP contribution in [-0.4, -0.2) is 36.9 Å². The van der Waals surface area contributed by atoms with Crippen molar-refractivity contribution in [2.45, 2.75) is 26.8 Å². The largest absolute Gasteiger partial charge is 0.423 e. The molecule has 0 unspecified atom stereocenters. The molecule has 27 heavy (non-hydrogen) atoms. The zero-order valence-corrected chi connectivity index (χ0v) is 15.9. The van der Waals surface area contributed by atoms with Crippen molar-refractivity contribution in [3.63, 3.8) is 0 Å². The Balaban J connectivity index is 1.62.